The number of rotatable bonds is 6. The van der Waals surface area contributed by atoms with Crippen molar-refractivity contribution in [2.75, 3.05) is 6.54 Å². The fraction of sp³-hybridized carbons (Fsp3) is 1.00. The van der Waals surface area contributed by atoms with Crippen LogP contribution in [0.5, 0.6) is 0 Å². The smallest absolute Gasteiger partial charge is 0.0631 e. The van der Waals surface area contributed by atoms with E-state index in [0.717, 1.165) is 6.54 Å². The highest BCUT2D eigenvalue weighted by Gasteiger charge is 2.31. The van der Waals surface area contributed by atoms with Crippen LogP contribution in [0.2, 0.25) is 0 Å². The maximum atomic E-state index is 5.99. The Morgan fingerprint density at radius 2 is 2.13 bits per heavy atom. The van der Waals surface area contributed by atoms with Crippen molar-refractivity contribution >= 4 is 0 Å². The Balaban J connectivity index is 2.19. The van der Waals surface area contributed by atoms with Gasteiger partial charge in [0.15, 0.2) is 0 Å². The normalized spacial score (nSPS) is 26.8. The molecule has 1 N–H and O–H groups in total. The largest absolute Gasteiger partial charge is 0.372 e. The minimum atomic E-state index is 0.130. The van der Waals surface area contributed by atoms with Gasteiger partial charge < -0.3 is 10.1 Å². The highest BCUT2D eigenvalue weighted by Crippen LogP contribution is 2.31. The van der Waals surface area contributed by atoms with Gasteiger partial charge in [-0.1, -0.05) is 13.8 Å². The zero-order valence-corrected chi connectivity index (χ0v) is 10.8. The summed E-state index contributed by atoms with van der Waals surface area (Å²) in [6.45, 7) is 9.92. The van der Waals surface area contributed by atoms with Crippen LogP contribution in [-0.2, 0) is 4.74 Å². The molecule has 0 saturated carbocycles. The molecule has 90 valence electrons. The van der Waals surface area contributed by atoms with E-state index >= 15 is 0 Å². The lowest BCUT2D eigenvalue weighted by Gasteiger charge is -2.21. The molecule has 0 radical (unpaired) electrons. The van der Waals surface area contributed by atoms with Crippen molar-refractivity contribution in [1.82, 2.24) is 5.32 Å². The molecule has 2 nitrogen and oxygen atoms in total. The first-order chi connectivity index (χ1) is 7.07. The van der Waals surface area contributed by atoms with Crippen molar-refractivity contribution in [1.29, 1.82) is 0 Å². The van der Waals surface area contributed by atoms with E-state index < -0.39 is 0 Å². The van der Waals surface area contributed by atoms with E-state index in [9.17, 15) is 0 Å². The molecule has 1 rings (SSSR count). The zero-order valence-electron chi connectivity index (χ0n) is 10.8. The monoisotopic (exact) mass is 213 g/mol. The molecular formula is C13H27NO. The van der Waals surface area contributed by atoms with Gasteiger partial charge in [-0.05, 0) is 52.5 Å². The summed E-state index contributed by atoms with van der Waals surface area (Å²) in [4.78, 5) is 0. The molecule has 2 heteroatoms. The van der Waals surface area contributed by atoms with Crippen molar-refractivity contribution in [3.8, 4) is 0 Å². The lowest BCUT2D eigenvalue weighted by molar-refractivity contribution is -0.0198. The van der Waals surface area contributed by atoms with Crippen molar-refractivity contribution in [3.63, 3.8) is 0 Å². The molecule has 1 fully saturated rings. The predicted molar refractivity (Wildman–Crippen MR) is 65.2 cm³/mol. The lowest BCUT2D eigenvalue weighted by Crippen LogP contribution is -2.29. The third kappa shape index (κ3) is 4.52. The Kier molecular flexibility index (Phi) is 5.07. The summed E-state index contributed by atoms with van der Waals surface area (Å²) in [5, 5.41) is 3.52. The first-order valence-corrected chi connectivity index (χ1v) is 6.48. The van der Waals surface area contributed by atoms with Crippen molar-refractivity contribution in [2.24, 2.45) is 0 Å². The summed E-state index contributed by atoms with van der Waals surface area (Å²) in [6, 6.07) is 0.683. The third-order valence-electron chi connectivity index (χ3n) is 3.38. The Morgan fingerprint density at radius 1 is 1.40 bits per heavy atom. The molecule has 1 aliphatic heterocycles. The van der Waals surface area contributed by atoms with E-state index in [1.54, 1.807) is 0 Å². The van der Waals surface area contributed by atoms with E-state index in [1.807, 2.05) is 0 Å². The van der Waals surface area contributed by atoms with Crippen molar-refractivity contribution in [3.05, 3.63) is 0 Å². The van der Waals surface area contributed by atoms with Gasteiger partial charge in [-0.15, -0.1) is 0 Å². The van der Waals surface area contributed by atoms with E-state index in [4.69, 9.17) is 4.74 Å². The van der Waals surface area contributed by atoms with Crippen LogP contribution in [-0.4, -0.2) is 24.3 Å². The summed E-state index contributed by atoms with van der Waals surface area (Å²) in [6.07, 6.45) is 6.67. The molecule has 2 unspecified atom stereocenters. The zero-order chi connectivity index (χ0) is 11.3. The SMILES string of the molecule is CCNC(CC)CCC1CCC(C)(C)O1. The number of hydrogen-bond donors (Lipinski definition) is 1. The molecule has 1 aliphatic rings. The van der Waals surface area contributed by atoms with Crippen molar-refractivity contribution in [2.45, 2.75) is 77.5 Å². The average molecular weight is 213 g/mol. The predicted octanol–water partition coefficient (Wildman–Crippen LogP) is 3.11. The Bertz CT molecular complexity index is 179. The van der Waals surface area contributed by atoms with Crippen LogP contribution in [0.3, 0.4) is 0 Å². The van der Waals surface area contributed by atoms with Gasteiger partial charge >= 0.3 is 0 Å². The number of nitrogens with one attached hydrogen (secondary N) is 1. The molecule has 1 heterocycles. The maximum Gasteiger partial charge on any atom is 0.0631 e. The molecule has 0 aliphatic carbocycles. The summed E-state index contributed by atoms with van der Waals surface area (Å²) < 4.78 is 5.99. The summed E-state index contributed by atoms with van der Waals surface area (Å²) >= 11 is 0. The second kappa shape index (κ2) is 5.86. The van der Waals surface area contributed by atoms with Crippen LogP contribution < -0.4 is 5.32 Å². The summed E-state index contributed by atoms with van der Waals surface area (Å²) in [5.74, 6) is 0. The lowest BCUT2D eigenvalue weighted by atomic mass is 10.0. The number of hydrogen-bond acceptors (Lipinski definition) is 2. The van der Waals surface area contributed by atoms with Gasteiger partial charge in [-0.25, -0.2) is 0 Å². The van der Waals surface area contributed by atoms with Crippen LogP contribution in [0, 0.1) is 0 Å². The minimum Gasteiger partial charge on any atom is -0.372 e. The summed E-state index contributed by atoms with van der Waals surface area (Å²) in [7, 11) is 0. The molecule has 1 saturated heterocycles. The molecule has 0 spiro atoms. The number of ether oxygens (including phenoxy) is 1. The van der Waals surface area contributed by atoms with Crippen LogP contribution >= 0.6 is 0 Å². The van der Waals surface area contributed by atoms with E-state index in [0.29, 0.717) is 12.1 Å². The van der Waals surface area contributed by atoms with Gasteiger partial charge in [0.25, 0.3) is 0 Å². The Hall–Kier alpha value is -0.0800. The molecule has 15 heavy (non-hydrogen) atoms. The van der Waals surface area contributed by atoms with E-state index in [1.165, 1.54) is 32.1 Å². The fourth-order valence-electron chi connectivity index (χ4n) is 2.41. The van der Waals surface area contributed by atoms with Gasteiger partial charge in [0.05, 0.1) is 11.7 Å². The molecule has 0 bridgehead atoms. The van der Waals surface area contributed by atoms with Gasteiger partial charge in [0, 0.05) is 6.04 Å². The Labute approximate surface area is 94.8 Å². The van der Waals surface area contributed by atoms with E-state index in [-0.39, 0.29) is 5.60 Å². The van der Waals surface area contributed by atoms with Gasteiger partial charge in [-0.3, -0.25) is 0 Å². The van der Waals surface area contributed by atoms with Crippen LogP contribution in [0.25, 0.3) is 0 Å². The van der Waals surface area contributed by atoms with E-state index in [2.05, 4.69) is 33.0 Å². The van der Waals surface area contributed by atoms with Crippen molar-refractivity contribution < 1.29 is 4.74 Å². The highest BCUT2D eigenvalue weighted by molar-refractivity contribution is 4.81. The quantitative estimate of drug-likeness (QED) is 0.732. The average Bonchev–Trinajstić information content (AvgIpc) is 2.53. The fourth-order valence-corrected chi connectivity index (χ4v) is 2.41. The molecule has 0 aromatic heterocycles. The minimum absolute atomic E-state index is 0.130. The standard InChI is InChI=1S/C13H27NO/c1-5-11(14-6-2)7-8-12-9-10-13(3,4)15-12/h11-12,14H,5-10H2,1-4H3. The van der Waals surface area contributed by atoms with Gasteiger partial charge in [0.1, 0.15) is 0 Å². The topological polar surface area (TPSA) is 21.3 Å². The summed E-state index contributed by atoms with van der Waals surface area (Å²) in [5.41, 5.74) is 0.130. The molecule has 2 atom stereocenters. The second-order valence-corrected chi connectivity index (χ2v) is 5.28. The first-order valence-electron chi connectivity index (χ1n) is 6.48. The highest BCUT2D eigenvalue weighted by atomic mass is 16.5. The second-order valence-electron chi connectivity index (χ2n) is 5.28. The van der Waals surface area contributed by atoms with Gasteiger partial charge in [-0.2, -0.15) is 0 Å². The molecule has 0 amide bonds. The van der Waals surface area contributed by atoms with Crippen LogP contribution in [0.15, 0.2) is 0 Å². The maximum absolute atomic E-state index is 5.99. The molecule has 0 aromatic carbocycles. The first kappa shape index (κ1) is 13.0. The third-order valence-corrected chi connectivity index (χ3v) is 3.38. The molecular weight excluding hydrogens is 186 g/mol. The van der Waals surface area contributed by atoms with Gasteiger partial charge in [0.2, 0.25) is 0 Å². The van der Waals surface area contributed by atoms with Crippen LogP contribution in [0.1, 0.15) is 59.8 Å². The van der Waals surface area contributed by atoms with Crippen LogP contribution in [0.4, 0.5) is 0 Å². The Morgan fingerprint density at radius 3 is 2.60 bits per heavy atom. The molecule has 0 aromatic rings.